The zero-order chi connectivity index (χ0) is 16.7. The van der Waals surface area contributed by atoms with E-state index in [1.54, 1.807) is 11.9 Å². The molecule has 0 aliphatic rings. The Kier molecular flexibility index (Phi) is 6.62. The molecule has 0 saturated carbocycles. The van der Waals surface area contributed by atoms with Crippen LogP contribution in [0, 0.1) is 0 Å². The predicted octanol–water partition coefficient (Wildman–Crippen LogP) is 4.65. The van der Waals surface area contributed by atoms with Gasteiger partial charge in [0.05, 0.1) is 6.61 Å². The van der Waals surface area contributed by atoms with E-state index in [2.05, 4.69) is 21.2 Å². The predicted molar refractivity (Wildman–Crippen MR) is 96.4 cm³/mol. The van der Waals surface area contributed by atoms with Crippen LogP contribution in [0.4, 0.5) is 10.5 Å². The summed E-state index contributed by atoms with van der Waals surface area (Å²) >= 11 is 3.51. The van der Waals surface area contributed by atoms with Gasteiger partial charge in [0.15, 0.2) is 0 Å². The first-order valence-electron chi connectivity index (χ1n) is 7.53. The summed E-state index contributed by atoms with van der Waals surface area (Å²) in [7, 11) is 1.78. The smallest absolute Gasteiger partial charge is 0.321 e. The van der Waals surface area contributed by atoms with Crippen molar-refractivity contribution < 1.29 is 9.53 Å². The second-order valence-corrected chi connectivity index (χ2v) is 6.03. The zero-order valence-corrected chi connectivity index (χ0v) is 15.0. The molecule has 2 amide bonds. The van der Waals surface area contributed by atoms with E-state index in [4.69, 9.17) is 4.74 Å². The first-order valence-corrected chi connectivity index (χ1v) is 8.32. The molecule has 0 saturated heterocycles. The van der Waals surface area contributed by atoms with Gasteiger partial charge in [0, 0.05) is 35.9 Å². The number of anilines is 1. The molecule has 0 heterocycles. The third kappa shape index (κ3) is 5.08. The number of ether oxygens (including phenoxy) is 1. The van der Waals surface area contributed by atoms with Crippen molar-refractivity contribution in [3.8, 4) is 0 Å². The Labute approximate surface area is 145 Å². The van der Waals surface area contributed by atoms with E-state index in [9.17, 15) is 4.79 Å². The SMILES string of the molecule is CCOCc1ccccc1NC(=O)N(C)Cc1ccccc1Br. The number of nitrogens with zero attached hydrogens (tertiary/aromatic N) is 1. The van der Waals surface area contributed by atoms with Gasteiger partial charge in [0.2, 0.25) is 0 Å². The molecule has 2 aromatic rings. The maximum Gasteiger partial charge on any atom is 0.321 e. The van der Waals surface area contributed by atoms with E-state index in [0.717, 1.165) is 21.3 Å². The lowest BCUT2D eigenvalue weighted by Crippen LogP contribution is -2.31. The lowest BCUT2D eigenvalue weighted by molar-refractivity contribution is 0.134. The second-order valence-electron chi connectivity index (χ2n) is 5.17. The Bertz CT molecular complexity index is 661. The van der Waals surface area contributed by atoms with Gasteiger partial charge in [0.25, 0.3) is 0 Å². The van der Waals surface area contributed by atoms with Gasteiger partial charge < -0.3 is 15.0 Å². The summed E-state index contributed by atoms with van der Waals surface area (Å²) in [6.07, 6.45) is 0. The molecule has 0 aromatic heterocycles. The molecular weight excluding hydrogens is 356 g/mol. The highest BCUT2D eigenvalue weighted by molar-refractivity contribution is 9.10. The summed E-state index contributed by atoms with van der Waals surface area (Å²) in [4.78, 5) is 14.1. The van der Waals surface area contributed by atoms with Crippen LogP contribution in [-0.2, 0) is 17.9 Å². The Morgan fingerprint density at radius 3 is 2.48 bits per heavy atom. The summed E-state index contributed by atoms with van der Waals surface area (Å²) in [6, 6.07) is 15.4. The van der Waals surface area contributed by atoms with Gasteiger partial charge in [-0.25, -0.2) is 4.79 Å². The van der Waals surface area contributed by atoms with Crippen molar-refractivity contribution in [2.75, 3.05) is 19.0 Å². The normalized spacial score (nSPS) is 10.4. The largest absolute Gasteiger partial charge is 0.377 e. The number of rotatable bonds is 6. The molecule has 0 fully saturated rings. The highest BCUT2D eigenvalue weighted by atomic mass is 79.9. The molecule has 23 heavy (non-hydrogen) atoms. The summed E-state index contributed by atoms with van der Waals surface area (Å²) in [5.41, 5.74) is 2.81. The number of carbonyl (C=O) groups is 1. The van der Waals surface area contributed by atoms with Crippen LogP contribution in [0.25, 0.3) is 0 Å². The number of carbonyl (C=O) groups excluding carboxylic acids is 1. The Morgan fingerprint density at radius 1 is 1.13 bits per heavy atom. The van der Waals surface area contributed by atoms with Crippen LogP contribution in [0.2, 0.25) is 0 Å². The van der Waals surface area contributed by atoms with Crippen molar-refractivity contribution in [1.29, 1.82) is 0 Å². The number of hydrogen-bond acceptors (Lipinski definition) is 2. The summed E-state index contributed by atoms with van der Waals surface area (Å²) in [6.45, 7) is 3.61. The number of benzene rings is 2. The number of halogens is 1. The number of hydrogen-bond donors (Lipinski definition) is 1. The second kappa shape index (κ2) is 8.70. The van der Waals surface area contributed by atoms with E-state index in [-0.39, 0.29) is 6.03 Å². The molecule has 4 nitrogen and oxygen atoms in total. The van der Waals surface area contributed by atoms with Crippen LogP contribution >= 0.6 is 15.9 Å². The average Bonchev–Trinajstić information content (AvgIpc) is 2.56. The van der Waals surface area contributed by atoms with Gasteiger partial charge in [-0.15, -0.1) is 0 Å². The third-order valence-corrected chi connectivity index (χ3v) is 4.21. The minimum absolute atomic E-state index is 0.148. The van der Waals surface area contributed by atoms with Gasteiger partial charge in [-0.05, 0) is 24.6 Å². The van der Waals surface area contributed by atoms with Crippen molar-refractivity contribution in [2.45, 2.75) is 20.1 Å². The quantitative estimate of drug-likeness (QED) is 0.796. The molecule has 0 aliphatic carbocycles. The van der Waals surface area contributed by atoms with E-state index in [1.807, 2.05) is 55.5 Å². The minimum Gasteiger partial charge on any atom is -0.377 e. The molecule has 0 spiro atoms. The molecule has 0 bridgehead atoms. The number of urea groups is 1. The van der Waals surface area contributed by atoms with Gasteiger partial charge >= 0.3 is 6.03 Å². The number of amides is 2. The Hall–Kier alpha value is -1.85. The Morgan fingerprint density at radius 2 is 1.78 bits per heavy atom. The fraction of sp³-hybridized carbons (Fsp3) is 0.278. The molecule has 2 aromatic carbocycles. The molecule has 0 unspecified atom stereocenters. The van der Waals surface area contributed by atoms with Gasteiger partial charge in [-0.1, -0.05) is 52.3 Å². The van der Waals surface area contributed by atoms with E-state index < -0.39 is 0 Å². The summed E-state index contributed by atoms with van der Waals surface area (Å²) in [5, 5.41) is 2.95. The maximum atomic E-state index is 12.4. The lowest BCUT2D eigenvalue weighted by Gasteiger charge is -2.20. The van der Waals surface area contributed by atoms with Crippen LogP contribution < -0.4 is 5.32 Å². The zero-order valence-electron chi connectivity index (χ0n) is 13.4. The minimum atomic E-state index is -0.148. The molecule has 0 radical (unpaired) electrons. The highest BCUT2D eigenvalue weighted by Gasteiger charge is 2.12. The van der Waals surface area contributed by atoms with E-state index in [0.29, 0.717) is 19.8 Å². The third-order valence-electron chi connectivity index (χ3n) is 3.43. The van der Waals surface area contributed by atoms with Crippen molar-refractivity contribution >= 4 is 27.6 Å². The molecular formula is C18H21BrN2O2. The summed E-state index contributed by atoms with van der Waals surface area (Å²) in [5.74, 6) is 0. The van der Waals surface area contributed by atoms with E-state index >= 15 is 0 Å². The van der Waals surface area contributed by atoms with Crippen molar-refractivity contribution in [3.63, 3.8) is 0 Å². The van der Waals surface area contributed by atoms with Crippen LogP contribution in [0.5, 0.6) is 0 Å². The van der Waals surface area contributed by atoms with Crippen LogP contribution in [-0.4, -0.2) is 24.6 Å². The molecule has 122 valence electrons. The monoisotopic (exact) mass is 376 g/mol. The standard InChI is InChI=1S/C18H21BrN2O2/c1-3-23-13-15-9-5-7-11-17(15)20-18(22)21(2)12-14-8-4-6-10-16(14)19/h4-11H,3,12-13H2,1-2H3,(H,20,22). The molecule has 0 aliphatic heterocycles. The number of para-hydroxylation sites is 1. The van der Waals surface area contributed by atoms with E-state index in [1.165, 1.54) is 0 Å². The molecule has 2 rings (SSSR count). The maximum absolute atomic E-state index is 12.4. The van der Waals surface area contributed by atoms with Crippen LogP contribution in [0.1, 0.15) is 18.1 Å². The topological polar surface area (TPSA) is 41.6 Å². The van der Waals surface area contributed by atoms with Crippen LogP contribution in [0.15, 0.2) is 53.0 Å². The number of nitrogens with one attached hydrogen (secondary N) is 1. The fourth-order valence-corrected chi connectivity index (χ4v) is 2.55. The van der Waals surface area contributed by atoms with Crippen molar-refractivity contribution in [1.82, 2.24) is 4.90 Å². The van der Waals surface area contributed by atoms with Crippen LogP contribution in [0.3, 0.4) is 0 Å². The first-order chi connectivity index (χ1) is 11.1. The average molecular weight is 377 g/mol. The molecule has 0 atom stereocenters. The molecule has 5 heteroatoms. The first kappa shape index (κ1) is 17.5. The van der Waals surface area contributed by atoms with Gasteiger partial charge in [-0.2, -0.15) is 0 Å². The fourth-order valence-electron chi connectivity index (χ4n) is 2.14. The summed E-state index contributed by atoms with van der Waals surface area (Å²) < 4.78 is 6.44. The highest BCUT2D eigenvalue weighted by Crippen LogP contribution is 2.19. The lowest BCUT2D eigenvalue weighted by atomic mass is 10.2. The van der Waals surface area contributed by atoms with Gasteiger partial charge in [0.1, 0.15) is 0 Å². The van der Waals surface area contributed by atoms with Gasteiger partial charge in [-0.3, -0.25) is 0 Å². The Balaban J connectivity index is 2.02. The van der Waals surface area contributed by atoms with Crippen molar-refractivity contribution in [2.24, 2.45) is 0 Å². The van der Waals surface area contributed by atoms with Crippen molar-refractivity contribution in [3.05, 3.63) is 64.1 Å². The molecule has 1 N–H and O–H groups in total.